The maximum absolute atomic E-state index is 12.6. The zero-order chi connectivity index (χ0) is 14.0. The van der Waals surface area contributed by atoms with Gasteiger partial charge in [0.1, 0.15) is 0 Å². The van der Waals surface area contributed by atoms with Gasteiger partial charge < -0.3 is 0 Å². The Bertz CT molecular complexity index is 506. The topological polar surface area (TPSA) is 29.1 Å². The van der Waals surface area contributed by atoms with Gasteiger partial charge in [-0.25, -0.2) is 0 Å². The van der Waals surface area contributed by atoms with Crippen LogP contribution in [0, 0.1) is 0 Å². The number of halogens is 1. The number of alkyl halides is 2. The van der Waals surface area contributed by atoms with E-state index in [1.165, 1.54) is 5.56 Å². The van der Waals surface area contributed by atoms with Crippen LogP contribution in [0.3, 0.4) is 0 Å². The molecule has 0 aliphatic carbocycles. The number of nitrogens with one attached hydrogen (secondary N) is 1. The van der Waals surface area contributed by atoms with E-state index in [9.17, 15) is 4.21 Å². The number of hydrogen-bond acceptors (Lipinski definition) is 1. The third-order valence-corrected chi connectivity index (χ3v) is 7.99. The van der Waals surface area contributed by atoms with Gasteiger partial charge in [0.2, 0.25) is 0 Å². The van der Waals surface area contributed by atoms with Gasteiger partial charge in [-0.1, -0.05) is 0 Å². The third-order valence-electron chi connectivity index (χ3n) is 2.80. The minimum absolute atomic E-state index is 0.0820. The van der Waals surface area contributed by atoms with E-state index in [1.54, 1.807) is 0 Å². The molecule has 0 radical (unpaired) electrons. The molecule has 1 N–H and O–H groups in total. The van der Waals surface area contributed by atoms with Gasteiger partial charge in [0.25, 0.3) is 0 Å². The normalized spacial score (nSPS) is 15.9. The molecule has 0 aliphatic heterocycles. The van der Waals surface area contributed by atoms with Gasteiger partial charge in [-0.3, -0.25) is 0 Å². The molecule has 0 spiro atoms. The molecule has 0 saturated carbocycles. The average Bonchev–Trinajstić information content (AvgIpc) is 2.27. The summed E-state index contributed by atoms with van der Waals surface area (Å²) in [5.74, 6) is 3.86. The Morgan fingerprint density at radius 1 is 1.39 bits per heavy atom. The maximum atomic E-state index is 12.6. The molecule has 104 valence electrons. The van der Waals surface area contributed by atoms with Crippen LogP contribution in [-0.2, 0) is 13.1 Å². The molecule has 1 aromatic carbocycles. The zero-order valence-corrected chi connectivity index (χ0v) is 14.8. The molecular weight excluding hydrogens is 357 g/mol. The first kappa shape index (κ1) is 16.0. The van der Waals surface area contributed by atoms with Crippen molar-refractivity contribution in [3.8, 4) is 0 Å². The first-order valence-electron chi connectivity index (χ1n) is 5.95. The summed E-state index contributed by atoms with van der Waals surface area (Å²) in [5, 5.41) is 0. The Labute approximate surface area is 122 Å². The minimum atomic E-state index is -2.39. The fourth-order valence-electron chi connectivity index (χ4n) is 1.63. The fraction of sp³-hybridized carbons (Fsp3) is 0.500. The SMILES string of the molecule is C=S(=O)(NC(C)C)c1cccc(C(C)(C)[I-]C)c1. The molecule has 0 fully saturated rings. The third kappa shape index (κ3) is 3.96. The van der Waals surface area contributed by atoms with E-state index in [4.69, 9.17) is 0 Å². The van der Waals surface area contributed by atoms with Gasteiger partial charge >= 0.3 is 123 Å². The van der Waals surface area contributed by atoms with Crippen LogP contribution in [-0.4, -0.2) is 21.1 Å². The van der Waals surface area contributed by atoms with E-state index in [0.717, 1.165) is 4.90 Å². The van der Waals surface area contributed by atoms with Gasteiger partial charge in [0.15, 0.2) is 0 Å². The summed E-state index contributed by atoms with van der Waals surface area (Å²) in [6.07, 6.45) is 0. The number of rotatable bonds is 5. The molecule has 1 unspecified atom stereocenters. The Morgan fingerprint density at radius 3 is 2.50 bits per heavy atom. The molecule has 4 heteroatoms. The second kappa shape index (κ2) is 5.92. The van der Waals surface area contributed by atoms with Gasteiger partial charge in [0.05, 0.1) is 0 Å². The summed E-state index contributed by atoms with van der Waals surface area (Å²) in [4.78, 5) is 3.08. The van der Waals surface area contributed by atoms with Crippen molar-refractivity contribution in [2.24, 2.45) is 0 Å². The summed E-state index contributed by atoms with van der Waals surface area (Å²) in [6, 6.07) is 8.22. The van der Waals surface area contributed by atoms with E-state index < -0.39 is 9.71 Å². The molecule has 0 bridgehead atoms. The average molecular weight is 380 g/mol. The predicted octanol–water partition coefficient (Wildman–Crippen LogP) is -0.371. The van der Waals surface area contributed by atoms with Crippen molar-refractivity contribution >= 4 is 15.6 Å². The Kier molecular flexibility index (Phi) is 5.26. The van der Waals surface area contributed by atoms with Crippen molar-refractivity contribution in [1.29, 1.82) is 0 Å². The second-order valence-electron chi connectivity index (χ2n) is 5.14. The van der Waals surface area contributed by atoms with Crippen LogP contribution >= 0.6 is 0 Å². The van der Waals surface area contributed by atoms with Crippen LogP contribution in [0.2, 0.25) is 0 Å². The molecule has 0 aromatic heterocycles. The first-order chi connectivity index (χ1) is 8.19. The summed E-state index contributed by atoms with van der Waals surface area (Å²) in [6.45, 7) is 8.46. The van der Waals surface area contributed by atoms with E-state index in [0.29, 0.717) is 0 Å². The van der Waals surface area contributed by atoms with E-state index in [1.807, 2.05) is 32.0 Å². The molecule has 18 heavy (non-hydrogen) atoms. The molecule has 0 heterocycles. The standard InChI is InChI=1S/C14H23INOS/c1-11(2)16-18(6,17)13-9-7-8-12(10-13)14(3,4)15-5/h7-11H,6H2,1-5H3,(H,16,17)/q-1. The Balaban J connectivity index is 3.18. The van der Waals surface area contributed by atoms with Crippen LogP contribution in [0.5, 0.6) is 0 Å². The van der Waals surface area contributed by atoms with Crippen LogP contribution in [0.4, 0.5) is 0 Å². The van der Waals surface area contributed by atoms with Crippen molar-refractivity contribution in [1.82, 2.24) is 4.72 Å². The summed E-state index contributed by atoms with van der Waals surface area (Å²) < 4.78 is 15.8. The van der Waals surface area contributed by atoms with Gasteiger partial charge in [-0.15, -0.1) is 0 Å². The molecule has 1 atom stereocenters. The van der Waals surface area contributed by atoms with E-state index in [-0.39, 0.29) is 30.7 Å². The first-order valence-corrected chi connectivity index (χ1v) is 10.9. The van der Waals surface area contributed by atoms with Gasteiger partial charge in [-0.05, 0) is 0 Å². The van der Waals surface area contributed by atoms with Crippen molar-refractivity contribution in [2.75, 3.05) is 4.93 Å². The Morgan fingerprint density at radius 2 is 2.00 bits per heavy atom. The van der Waals surface area contributed by atoms with Crippen LogP contribution in [0.25, 0.3) is 0 Å². The van der Waals surface area contributed by atoms with Crippen molar-refractivity contribution in [3.63, 3.8) is 0 Å². The van der Waals surface area contributed by atoms with Gasteiger partial charge in [-0.2, -0.15) is 0 Å². The van der Waals surface area contributed by atoms with Gasteiger partial charge in [0, 0.05) is 0 Å². The number of hydrogen-bond donors (Lipinski definition) is 1. The molecule has 0 saturated heterocycles. The van der Waals surface area contributed by atoms with Crippen molar-refractivity contribution in [3.05, 3.63) is 29.8 Å². The van der Waals surface area contributed by atoms with Crippen molar-refractivity contribution in [2.45, 2.75) is 42.1 Å². The molecule has 2 nitrogen and oxygen atoms in total. The molecule has 1 aromatic rings. The summed E-state index contributed by atoms with van der Waals surface area (Å²) in [7, 11) is -2.39. The molecule has 0 amide bonds. The Hall–Kier alpha value is -0.0700. The summed E-state index contributed by atoms with van der Waals surface area (Å²) in [5.41, 5.74) is 1.26. The fourth-order valence-corrected chi connectivity index (χ4v) is 4.10. The molecular formula is C14H23INOS-. The molecule has 0 aliphatic rings. The quantitative estimate of drug-likeness (QED) is 0.422. The van der Waals surface area contributed by atoms with Crippen LogP contribution in [0.1, 0.15) is 33.3 Å². The number of benzene rings is 1. The summed E-state index contributed by atoms with van der Waals surface area (Å²) >= 11 is 0.0820. The van der Waals surface area contributed by atoms with Crippen molar-refractivity contribution < 1.29 is 25.4 Å². The monoisotopic (exact) mass is 380 g/mol. The van der Waals surface area contributed by atoms with E-state index >= 15 is 0 Å². The second-order valence-corrected chi connectivity index (χ2v) is 11.0. The van der Waals surface area contributed by atoms with Crippen LogP contribution < -0.4 is 25.9 Å². The molecule has 1 rings (SSSR count). The predicted molar refractivity (Wildman–Crippen MR) is 77.2 cm³/mol. The van der Waals surface area contributed by atoms with Crippen LogP contribution in [0.15, 0.2) is 29.2 Å². The van der Waals surface area contributed by atoms with E-state index in [2.05, 4.69) is 35.4 Å². The zero-order valence-electron chi connectivity index (χ0n) is 11.8.